The lowest BCUT2D eigenvalue weighted by atomic mass is 9.82. The molecule has 17 heavy (non-hydrogen) atoms. The molecule has 0 saturated carbocycles. The molecule has 0 aliphatic rings. The molecule has 0 radical (unpaired) electrons. The second kappa shape index (κ2) is 5.89. The lowest BCUT2D eigenvalue weighted by Crippen LogP contribution is -2.24. The number of rotatable bonds is 4. The second-order valence-electron chi connectivity index (χ2n) is 5.39. The molecular formula is C16H23N. The predicted octanol–water partition coefficient (Wildman–Crippen LogP) is 3.66. The molecule has 1 N–H and O–H groups in total. The van der Waals surface area contributed by atoms with Crippen LogP contribution in [0.2, 0.25) is 0 Å². The maximum Gasteiger partial charge on any atom is 0.0946 e. The molecule has 0 spiro atoms. The number of hydrogen-bond donors (Lipinski definition) is 1. The zero-order chi connectivity index (χ0) is 12.9. The third-order valence-corrected chi connectivity index (χ3v) is 2.84. The monoisotopic (exact) mass is 229 g/mol. The van der Waals surface area contributed by atoms with Crippen LogP contribution in [0.1, 0.15) is 51.3 Å². The van der Waals surface area contributed by atoms with Gasteiger partial charge in [0, 0.05) is 0 Å². The Labute approximate surface area is 106 Å². The summed E-state index contributed by atoms with van der Waals surface area (Å²) in [7, 11) is 0. The first-order valence-corrected chi connectivity index (χ1v) is 6.29. The maximum atomic E-state index is 5.65. The zero-order valence-electron chi connectivity index (χ0n) is 11.4. The maximum absolute atomic E-state index is 5.65. The van der Waals surface area contributed by atoms with Crippen LogP contribution in [0.5, 0.6) is 0 Å². The molecule has 1 nitrogen and oxygen atoms in total. The molecule has 0 amide bonds. The molecule has 0 aliphatic carbocycles. The van der Waals surface area contributed by atoms with Gasteiger partial charge in [0.1, 0.15) is 0 Å². The first kappa shape index (κ1) is 13.8. The van der Waals surface area contributed by atoms with E-state index >= 15 is 0 Å². The van der Waals surface area contributed by atoms with Crippen molar-refractivity contribution in [3.05, 3.63) is 35.4 Å². The Hall–Kier alpha value is -1.26. The second-order valence-corrected chi connectivity index (χ2v) is 5.39. The van der Waals surface area contributed by atoms with E-state index in [0.29, 0.717) is 0 Å². The Balaban J connectivity index is 3.08. The molecule has 1 rings (SSSR count). The smallest absolute Gasteiger partial charge is 0.0946 e. The van der Waals surface area contributed by atoms with E-state index in [2.05, 4.69) is 63.2 Å². The van der Waals surface area contributed by atoms with Gasteiger partial charge in [-0.2, -0.15) is 0 Å². The first-order valence-electron chi connectivity index (χ1n) is 6.29. The van der Waals surface area contributed by atoms with Gasteiger partial charge < -0.3 is 0 Å². The van der Waals surface area contributed by atoms with Crippen LogP contribution in [0.25, 0.3) is 0 Å². The molecule has 0 bridgehead atoms. The Bertz CT molecular complexity index is 393. The fourth-order valence-electron chi connectivity index (χ4n) is 1.98. The minimum atomic E-state index is 0.0189. The van der Waals surface area contributed by atoms with Crippen LogP contribution in [0.3, 0.4) is 0 Å². The van der Waals surface area contributed by atoms with Crippen molar-refractivity contribution in [2.45, 2.75) is 45.6 Å². The van der Waals surface area contributed by atoms with Crippen LogP contribution in [0, 0.1) is 12.3 Å². The van der Waals surface area contributed by atoms with Gasteiger partial charge in [0.25, 0.3) is 0 Å². The summed E-state index contributed by atoms with van der Waals surface area (Å²) < 4.78 is 0. The number of terminal acetylenes is 1. The summed E-state index contributed by atoms with van der Waals surface area (Å²) >= 11 is 0. The molecule has 0 fully saturated rings. The van der Waals surface area contributed by atoms with Gasteiger partial charge in [-0.1, -0.05) is 57.9 Å². The SMILES string of the molecule is C#CC(NCCC)c1ccccc1C(C)(C)C. The van der Waals surface area contributed by atoms with Gasteiger partial charge in [-0.25, -0.2) is 0 Å². The minimum Gasteiger partial charge on any atom is -0.300 e. The van der Waals surface area contributed by atoms with E-state index in [1.165, 1.54) is 11.1 Å². The molecule has 1 unspecified atom stereocenters. The average Bonchev–Trinajstić information content (AvgIpc) is 2.29. The van der Waals surface area contributed by atoms with Crippen LogP contribution >= 0.6 is 0 Å². The van der Waals surface area contributed by atoms with E-state index in [1.54, 1.807) is 0 Å². The average molecular weight is 229 g/mol. The highest BCUT2D eigenvalue weighted by atomic mass is 14.9. The highest BCUT2D eigenvalue weighted by molar-refractivity contribution is 5.38. The molecule has 1 aromatic carbocycles. The Morgan fingerprint density at radius 3 is 2.47 bits per heavy atom. The van der Waals surface area contributed by atoms with E-state index in [-0.39, 0.29) is 11.5 Å². The van der Waals surface area contributed by atoms with Crippen molar-refractivity contribution in [3.63, 3.8) is 0 Å². The fraction of sp³-hybridized carbons (Fsp3) is 0.500. The van der Waals surface area contributed by atoms with E-state index < -0.39 is 0 Å². The summed E-state index contributed by atoms with van der Waals surface area (Å²) in [5, 5.41) is 3.41. The van der Waals surface area contributed by atoms with E-state index in [9.17, 15) is 0 Å². The Kier molecular flexibility index (Phi) is 4.78. The molecular weight excluding hydrogens is 206 g/mol. The lowest BCUT2D eigenvalue weighted by Gasteiger charge is -2.25. The predicted molar refractivity (Wildman–Crippen MR) is 75.0 cm³/mol. The van der Waals surface area contributed by atoms with Crippen molar-refractivity contribution in [2.24, 2.45) is 0 Å². The molecule has 0 aromatic heterocycles. The first-order chi connectivity index (χ1) is 8.00. The topological polar surface area (TPSA) is 12.0 Å². The van der Waals surface area contributed by atoms with Gasteiger partial charge in [-0.05, 0) is 29.5 Å². The van der Waals surface area contributed by atoms with E-state index in [0.717, 1.165) is 13.0 Å². The molecule has 0 saturated heterocycles. The summed E-state index contributed by atoms with van der Waals surface area (Å²) in [5.41, 5.74) is 2.68. The van der Waals surface area contributed by atoms with Crippen molar-refractivity contribution < 1.29 is 0 Å². The minimum absolute atomic E-state index is 0.0189. The van der Waals surface area contributed by atoms with Crippen LogP contribution in [0.4, 0.5) is 0 Å². The summed E-state index contributed by atoms with van der Waals surface area (Å²) in [6.45, 7) is 9.77. The summed E-state index contributed by atoms with van der Waals surface area (Å²) in [6, 6.07) is 8.46. The standard InChI is InChI=1S/C16H23N/c1-6-12-17-15(7-2)13-10-8-9-11-14(13)16(3,4)5/h2,8-11,15,17H,6,12H2,1,3-5H3. The Morgan fingerprint density at radius 2 is 1.94 bits per heavy atom. The lowest BCUT2D eigenvalue weighted by molar-refractivity contribution is 0.559. The number of benzene rings is 1. The van der Waals surface area contributed by atoms with E-state index in [4.69, 9.17) is 6.42 Å². The van der Waals surface area contributed by atoms with Crippen molar-refractivity contribution in [1.82, 2.24) is 5.32 Å². The van der Waals surface area contributed by atoms with Gasteiger partial charge >= 0.3 is 0 Å². The van der Waals surface area contributed by atoms with Crippen molar-refractivity contribution in [3.8, 4) is 12.3 Å². The van der Waals surface area contributed by atoms with Gasteiger partial charge in [0.2, 0.25) is 0 Å². The van der Waals surface area contributed by atoms with Gasteiger partial charge in [0.05, 0.1) is 6.04 Å². The molecule has 0 aliphatic heterocycles. The highest BCUT2D eigenvalue weighted by Gasteiger charge is 2.20. The van der Waals surface area contributed by atoms with Crippen molar-refractivity contribution >= 4 is 0 Å². The quantitative estimate of drug-likeness (QED) is 0.777. The fourth-order valence-corrected chi connectivity index (χ4v) is 1.98. The van der Waals surface area contributed by atoms with Crippen LogP contribution in [-0.2, 0) is 5.41 Å². The normalized spacial score (nSPS) is 13.1. The third kappa shape index (κ3) is 3.61. The van der Waals surface area contributed by atoms with E-state index in [1.807, 2.05) is 0 Å². The van der Waals surface area contributed by atoms with Crippen LogP contribution in [0.15, 0.2) is 24.3 Å². The van der Waals surface area contributed by atoms with Gasteiger partial charge in [-0.15, -0.1) is 6.42 Å². The van der Waals surface area contributed by atoms with Crippen LogP contribution in [-0.4, -0.2) is 6.54 Å². The van der Waals surface area contributed by atoms with Gasteiger partial charge in [-0.3, -0.25) is 5.32 Å². The summed E-state index contributed by atoms with van der Waals surface area (Å²) in [4.78, 5) is 0. The van der Waals surface area contributed by atoms with Crippen molar-refractivity contribution in [2.75, 3.05) is 6.54 Å². The molecule has 1 heteroatoms. The number of nitrogens with one attached hydrogen (secondary N) is 1. The molecule has 1 aromatic rings. The Morgan fingerprint density at radius 1 is 1.29 bits per heavy atom. The van der Waals surface area contributed by atoms with Gasteiger partial charge in [0.15, 0.2) is 0 Å². The number of hydrogen-bond acceptors (Lipinski definition) is 1. The third-order valence-electron chi connectivity index (χ3n) is 2.84. The summed E-state index contributed by atoms with van der Waals surface area (Å²) in [6.07, 6.45) is 6.74. The molecule has 92 valence electrons. The molecule has 0 heterocycles. The molecule has 1 atom stereocenters. The zero-order valence-corrected chi connectivity index (χ0v) is 11.4. The van der Waals surface area contributed by atoms with Crippen molar-refractivity contribution in [1.29, 1.82) is 0 Å². The summed E-state index contributed by atoms with van der Waals surface area (Å²) in [5.74, 6) is 2.85. The van der Waals surface area contributed by atoms with Crippen LogP contribution < -0.4 is 5.32 Å². The largest absolute Gasteiger partial charge is 0.300 e. The highest BCUT2D eigenvalue weighted by Crippen LogP contribution is 2.29.